The Kier molecular flexibility index (Phi) is 3.17. The van der Waals surface area contributed by atoms with Gasteiger partial charge in [-0.3, -0.25) is 0 Å². The summed E-state index contributed by atoms with van der Waals surface area (Å²) in [5, 5.41) is 0. The van der Waals surface area contributed by atoms with Crippen molar-refractivity contribution in [3.63, 3.8) is 0 Å². The minimum atomic E-state index is -0.425. The number of nitrogen functional groups attached to an aromatic ring is 1. The monoisotopic (exact) mass is 235 g/mol. The van der Waals surface area contributed by atoms with E-state index in [2.05, 4.69) is 9.72 Å². The number of methoxy groups -OCH3 is 1. The van der Waals surface area contributed by atoms with Gasteiger partial charge in [0.05, 0.1) is 24.6 Å². The van der Waals surface area contributed by atoms with Gasteiger partial charge in [-0.2, -0.15) is 0 Å². The number of carbonyl (C=O) groups excluding carboxylic acids is 1. The molecule has 0 spiro atoms. The van der Waals surface area contributed by atoms with Crippen molar-refractivity contribution < 1.29 is 9.53 Å². The van der Waals surface area contributed by atoms with Crippen LogP contribution in [0, 0.1) is 5.92 Å². The Morgan fingerprint density at radius 1 is 1.65 bits per heavy atom. The summed E-state index contributed by atoms with van der Waals surface area (Å²) in [6.07, 6.45) is 4.07. The summed E-state index contributed by atoms with van der Waals surface area (Å²) in [6, 6.07) is 1.68. The van der Waals surface area contributed by atoms with E-state index < -0.39 is 5.97 Å². The molecule has 0 amide bonds. The Hall–Kier alpha value is -1.78. The number of ether oxygens (including phenoxy) is 1. The van der Waals surface area contributed by atoms with E-state index in [1.165, 1.54) is 26.1 Å². The average molecular weight is 235 g/mol. The molecule has 1 heterocycles. The lowest BCUT2D eigenvalue weighted by molar-refractivity contribution is 0.0602. The smallest absolute Gasteiger partial charge is 0.340 e. The Labute approximate surface area is 101 Å². The Balaban J connectivity index is 2.19. The molecule has 0 saturated heterocycles. The zero-order valence-electron chi connectivity index (χ0n) is 10.1. The Morgan fingerprint density at radius 2 is 2.35 bits per heavy atom. The largest absolute Gasteiger partial charge is 0.465 e. The molecule has 1 aliphatic rings. The average Bonchev–Trinajstić information content (AvgIpc) is 3.12. The molecule has 5 nitrogen and oxygen atoms in total. The third kappa shape index (κ3) is 2.67. The zero-order valence-corrected chi connectivity index (χ0v) is 10.1. The van der Waals surface area contributed by atoms with Crippen molar-refractivity contribution in [2.75, 3.05) is 31.3 Å². The molecule has 0 bridgehead atoms. The zero-order chi connectivity index (χ0) is 12.4. The number of nitrogens with two attached hydrogens (primary N) is 1. The fourth-order valence-corrected chi connectivity index (χ4v) is 1.73. The molecule has 0 unspecified atom stereocenters. The number of esters is 1. The minimum absolute atomic E-state index is 0.348. The first kappa shape index (κ1) is 11.7. The molecular formula is C12H17N3O2. The van der Waals surface area contributed by atoms with Crippen molar-refractivity contribution >= 4 is 17.5 Å². The molecule has 92 valence electrons. The van der Waals surface area contributed by atoms with Crippen LogP contribution in [0.15, 0.2) is 12.3 Å². The van der Waals surface area contributed by atoms with Gasteiger partial charge in [0.25, 0.3) is 0 Å². The molecular weight excluding hydrogens is 218 g/mol. The van der Waals surface area contributed by atoms with Gasteiger partial charge in [-0.1, -0.05) is 0 Å². The summed E-state index contributed by atoms with van der Waals surface area (Å²) in [6.45, 7) is 0.970. The van der Waals surface area contributed by atoms with Crippen LogP contribution in [0.5, 0.6) is 0 Å². The molecule has 5 heteroatoms. The second-order valence-electron chi connectivity index (χ2n) is 4.45. The summed E-state index contributed by atoms with van der Waals surface area (Å²) in [5.41, 5.74) is 6.42. The number of rotatable bonds is 4. The van der Waals surface area contributed by atoms with Gasteiger partial charge in [0, 0.05) is 13.6 Å². The van der Waals surface area contributed by atoms with Crippen molar-refractivity contribution in [3.8, 4) is 0 Å². The van der Waals surface area contributed by atoms with E-state index >= 15 is 0 Å². The van der Waals surface area contributed by atoms with Crippen molar-refractivity contribution in [1.82, 2.24) is 4.98 Å². The second kappa shape index (κ2) is 4.61. The van der Waals surface area contributed by atoms with E-state index in [9.17, 15) is 4.79 Å². The predicted molar refractivity (Wildman–Crippen MR) is 66.0 cm³/mol. The van der Waals surface area contributed by atoms with Gasteiger partial charge in [0.15, 0.2) is 0 Å². The van der Waals surface area contributed by atoms with Gasteiger partial charge >= 0.3 is 5.97 Å². The van der Waals surface area contributed by atoms with Crippen LogP contribution >= 0.6 is 0 Å². The van der Waals surface area contributed by atoms with E-state index in [1.54, 1.807) is 6.07 Å². The number of hydrogen-bond donors (Lipinski definition) is 1. The van der Waals surface area contributed by atoms with Crippen molar-refractivity contribution in [3.05, 3.63) is 17.8 Å². The quantitative estimate of drug-likeness (QED) is 0.796. The molecule has 2 N–H and O–H groups in total. The maximum absolute atomic E-state index is 11.5. The Morgan fingerprint density at radius 3 is 2.94 bits per heavy atom. The van der Waals surface area contributed by atoms with E-state index in [0.717, 1.165) is 18.3 Å². The molecule has 1 aliphatic carbocycles. The minimum Gasteiger partial charge on any atom is -0.465 e. The summed E-state index contributed by atoms with van der Waals surface area (Å²) in [7, 11) is 3.31. The number of aromatic nitrogens is 1. The summed E-state index contributed by atoms with van der Waals surface area (Å²) in [4.78, 5) is 17.8. The van der Waals surface area contributed by atoms with Gasteiger partial charge in [-0.05, 0) is 24.8 Å². The lowest BCUT2D eigenvalue weighted by atomic mass is 10.2. The highest BCUT2D eigenvalue weighted by molar-refractivity contribution is 5.95. The standard InChI is InChI=1S/C12H17N3O2/c1-15(7-8-3-4-8)11-5-9(12(16)17-2)10(13)6-14-11/h5-6,8H,3-4,7,13H2,1-2H3. The maximum Gasteiger partial charge on any atom is 0.340 e. The van der Waals surface area contributed by atoms with E-state index in [1.807, 2.05) is 11.9 Å². The molecule has 0 aromatic carbocycles. The normalized spacial score (nSPS) is 14.5. The van der Waals surface area contributed by atoms with Crippen LogP contribution < -0.4 is 10.6 Å². The topological polar surface area (TPSA) is 68.5 Å². The number of carbonyl (C=O) groups is 1. The van der Waals surface area contributed by atoms with Gasteiger partial charge in [0.1, 0.15) is 5.82 Å². The van der Waals surface area contributed by atoms with Crippen LogP contribution in [-0.2, 0) is 4.74 Å². The fourth-order valence-electron chi connectivity index (χ4n) is 1.73. The van der Waals surface area contributed by atoms with Crippen molar-refractivity contribution in [1.29, 1.82) is 0 Å². The lowest BCUT2D eigenvalue weighted by Crippen LogP contribution is -2.21. The number of pyridine rings is 1. The van der Waals surface area contributed by atoms with Crippen LogP contribution in [0.1, 0.15) is 23.2 Å². The predicted octanol–water partition coefficient (Wildman–Crippen LogP) is 1.30. The van der Waals surface area contributed by atoms with Gasteiger partial charge in [-0.25, -0.2) is 9.78 Å². The highest BCUT2D eigenvalue weighted by Gasteiger charge is 2.24. The summed E-state index contributed by atoms with van der Waals surface area (Å²) >= 11 is 0. The molecule has 1 aromatic rings. The third-order valence-electron chi connectivity index (χ3n) is 2.95. The molecule has 2 rings (SSSR count). The lowest BCUT2D eigenvalue weighted by Gasteiger charge is -2.18. The van der Waals surface area contributed by atoms with Crippen molar-refractivity contribution in [2.45, 2.75) is 12.8 Å². The summed E-state index contributed by atoms with van der Waals surface area (Å²) < 4.78 is 4.68. The van der Waals surface area contributed by atoms with Gasteiger partial charge in [0.2, 0.25) is 0 Å². The fraction of sp³-hybridized carbons (Fsp3) is 0.500. The van der Waals surface area contributed by atoms with Crippen LogP contribution in [0.3, 0.4) is 0 Å². The highest BCUT2D eigenvalue weighted by Crippen LogP contribution is 2.30. The number of anilines is 2. The molecule has 1 aromatic heterocycles. The van der Waals surface area contributed by atoms with Crippen LogP contribution in [0.2, 0.25) is 0 Å². The van der Waals surface area contributed by atoms with Gasteiger partial charge in [-0.15, -0.1) is 0 Å². The molecule has 0 radical (unpaired) electrons. The van der Waals surface area contributed by atoms with E-state index in [0.29, 0.717) is 11.3 Å². The van der Waals surface area contributed by atoms with Crippen LogP contribution in [-0.4, -0.2) is 31.7 Å². The van der Waals surface area contributed by atoms with E-state index in [4.69, 9.17) is 5.73 Å². The van der Waals surface area contributed by atoms with Crippen LogP contribution in [0.4, 0.5) is 11.5 Å². The maximum atomic E-state index is 11.5. The first-order valence-electron chi connectivity index (χ1n) is 5.66. The molecule has 1 saturated carbocycles. The first-order valence-corrected chi connectivity index (χ1v) is 5.66. The van der Waals surface area contributed by atoms with Crippen LogP contribution in [0.25, 0.3) is 0 Å². The van der Waals surface area contributed by atoms with E-state index in [-0.39, 0.29) is 0 Å². The molecule has 17 heavy (non-hydrogen) atoms. The Bertz CT molecular complexity index is 430. The highest BCUT2D eigenvalue weighted by atomic mass is 16.5. The SMILES string of the molecule is COC(=O)c1cc(N(C)CC2CC2)ncc1N. The molecule has 0 atom stereocenters. The van der Waals surface area contributed by atoms with Gasteiger partial charge < -0.3 is 15.4 Å². The summed E-state index contributed by atoms with van der Waals surface area (Å²) in [5.74, 6) is 1.10. The number of nitrogens with zero attached hydrogens (tertiary/aromatic N) is 2. The molecule has 0 aliphatic heterocycles. The number of hydrogen-bond acceptors (Lipinski definition) is 5. The third-order valence-corrected chi connectivity index (χ3v) is 2.95. The molecule has 1 fully saturated rings. The second-order valence-corrected chi connectivity index (χ2v) is 4.45. The van der Waals surface area contributed by atoms with Crippen molar-refractivity contribution in [2.24, 2.45) is 5.92 Å². The first-order chi connectivity index (χ1) is 8.11.